The van der Waals surface area contributed by atoms with Gasteiger partial charge in [0.05, 0.1) is 6.61 Å². The van der Waals surface area contributed by atoms with Crippen molar-refractivity contribution in [3.8, 4) is 5.75 Å². The lowest BCUT2D eigenvalue weighted by molar-refractivity contribution is 0.103. The van der Waals surface area contributed by atoms with Gasteiger partial charge in [0.25, 0.3) is 0 Å². The molecule has 3 heteroatoms. The van der Waals surface area contributed by atoms with E-state index in [4.69, 9.17) is 4.74 Å². The third-order valence-electron chi connectivity index (χ3n) is 4.45. The van der Waals surface area contributed by atoms with E-state index in [2.05, 4.69) is 55.4 Å². The molecule has 1 aliphatic rings. The van der Waals surface area contributed by atoms with Crippen LogP contribution < -0.4 is 10.1 Å². The van der Waals surface area contributed by atoms with Crippen molar-refractivity contribution in [3.63, 3.8) is 0 Å². The van der Waals surface area contributed by atoms with E-state index in [1.54, 1.807) is 0 Å². The Kier molecular flexibility index (Phi) is 6.52. The molecule has 1 heterocycles. The molecule has 1 N–H and O–H groups in total. The molecule has 0 bridgehead atoms. The number of hydrogen-bond donors (Lipinski definition) is 1. The molecule has 2 rings (SSSR count). The van der Waals surface area contributed by atoms with Crippen LogP contribution >= 0.6 is 0 Å². The molecular formula is C18H30N2O. The first kappa shape index (κ1) is 16.3. The summed E-state index contributed by atoms with van der Waals surface area (Å²) in [5.41, 5.74) is 1.39. The Balaban J connectivity index is 2.01. The molecule has 0 radical (unpaired) electrons. The summed E-state index contributed by atoms with van der Waals surface area (Å²) in [5.74, 6) is 0.984. The lowest BCUT2D eigenvalue weighted by Crippen LogP contribution is -2.45. The SMILES string of the molecule is CCCOc1ccc(C(C)N2CCCCC2CNC)cc1. The minimum Gasteiger partial charge on any atom is -0.494 e. The van der Waals surface area contributed by atoms with Gasteiger partial charge in [0.1, 0.15) is 5.75 Å². The van der Waals surface area contributed by atoms with Crippen LogP contribution in [0.5, 0.6) is 5.75 Å². The first-order valence-electron chi connectivity index (χ1n) is 8.39. The Hall–Kier alpha value is -1.06. The molecule has 118 valence electrons. The smallest absolute Gasteiger partial charge is 0.119 e. The molecule has 3 nitrogen and oxygen atoms in total. The van der Waals surface area contributed by atoms with E-state index in [1.807, 2.05) is 0 Å². The minimum absolute atomic E-state index is 0.476. The Labute approximate surface area is 129 Å². The van der Waals surface area contributed by atoms with Crippen molar-refractivity contribution < 1.29 is 4.74 Å². The zero-order chi connectivity index (χ0) is 15.1. The maximum atomic E-state index is 5.67. The molecule has 1 aromatic rings. The fourth-order valence-corrected chi connectivity index (χ4v) is 3.24. The van der Waals surface area contributed by atoms with E-state index < -0.39 is 0 Å². The van der Waals surface area contributed by atoms with Crippen LogP contribution in [0.25, 0.3) is 0 Å². The van der Waals surface area contributed by atoms with Gasteiger partial charge < -0.3 is 10.1 Å². The van der Waals surface area contributed by atoms with Crippen LogP contribution in [0.1, 0.15) is 51.1 Å². The van der Waals surface area contributed by atoms with Gasteiger partial charge in [-0.3, -0.25) is 4.90 Å². The van der Waals surface area contributed by atoms with Gasteiger partial charge in [-0.25, -0.2) is 0 Å². The second-order valence-electron chi connectivity index (χ2n) is 6.04. The highest BCUT2D eigenvalue weighted by Crippen LogP contribution is 2.29. The van der Waals surface area contributed by atoms with Crippen molar-refractivity contribution in [1.82, 2.24) is 10.2 Å². The molecule has 0 saturated carbocycles. The van der Waals surface area contributed by atoms with Crippen molar-refractivity contribution in [3.05, 3.63) is 29.8 Å². The molecule has 0 aromatic heterocycles. The van der Waals surface area contributed by atoms with Crippen LogP contribution in [0.3, 0.4) is 0 Å². The van der Waals surface area contributed by atoms with Crippen molar-refractivity contribution in [2.75, 3.05) is 26.7 Å². The summed E-state index contributed by atoms with van der Waals surface area (Å²) in [4.78, 5) is 2.65. The van der Waals surface area contributed by atoms with Gasteiger partial charge in [-0.2, -0.15) is 0 Å². The average Bonchev–Trinajstić information content (AvgIpc) is 2.53. The van der Waals surface area contributed by atoms with Crippen LogP contribution in [0.2, 0.25) is 0 Å². The van der Waals surface area contributed by atoms with E-state index in [0.717, 1.165) is 25.3 Å². The Morgan fingerprint density at radius 1 is 1.29 bits per heavy atom. The highest BCUT2D eigenvalue weighted by Gasteiger charge is 2.26. The monoisotopic (exact) mass is 290 g/mol. The van der Waals surface area contributed by atoms with Gasteiger partial charge in [-0.1, -0.05) is 25.5 Å². The molecule has 1 aliphatic heterocycles. The van der Waals surface area contributed by atoms with E-state index in [1.165, 1.54) is 31.4 Å². The van der Waals surface area contributed by atoms with Crippen molar-refractivity contribution >= 4 is 0 Å². The maximum absolute atomic E-state index is 5.67. The molecule has 1 aromatic carbocycles. The number of nitrogens with one attached hydrogen (secondary N) is 1. The molecule has 21 heavy (non-hydrogen) atoms. The molecule has 2 unspecified atom stereocenters. The van der Waals surface area contributed by atoms with Crippen LogP contribution in [-0.4, -0.2) is 37.7 Å². The predicted octanol–water partition coefficient (Wildman–Crippen LogP) is 3.61. The molecule has 0 spiro atoms. The summed E-state index contributed by atoms with van der Waals surface area (Å²) in [7, 11) is 2.05. The molecule has 1 saturated heterocycles. The summed E-state index contributed by atoms with van der Waals surface area (Å²) in [6, 6.07) is 9.80. The topological polar surface area (TPSA) is 24.5 Å². The van der Waals surface area contributed by atoms with Gasteiger partial charge >= 0.3 is 0 Å². The number of rotatable bonds is 7. The average molecular weight is 290 g/mol. The van der Waals surface area contributed by atoms with Gasteiger partial charge in [0, 0.05) is 18.6 Å². The fourth-order valence-electron chi connectivity index (χ4n) is 3.24. The zero-order valence-corrected chi connectivity index (χ0v) is 13.8. The van der Waals surface area contributed by atoms with E-state index in [0.29, 0.717) is 12.1 Å². The summed E-state index contributed by atoms with van der Waals surface area (Å²) in [6.07, 6.45) is 5.04. The van der Waals surface area contributed by atoms with Crippen LogP contribution in [0.15, 0.2) is 24.3 Å². The number of likely N-dealkylation sites (N-methyl/N-ethyl adjacent to an activating group) is 1. The first-order valence-corrected chi connectivity index (χ1v) is 8.39. The second-order valence-corrected chi connectivity index (χ2v) is 6.04. The highest BCUT2D eigenvalue weighted by molar-refractivity contribution is 5.29. The predicted molar refractivity (Wildman–Crippen MR) is 88.9 cm³/mol. The van der Waals surface area contributed by atoms with Crippen molar-refractivity contribution in [2.45, 2.75) is 51.6 Å². The van der Waals surface area contributed by atoms with Crippen molar-refractivity contribution in [1.29, 1.82) is 0 Å². The van der Waals surface area contributed by atoms with Gasteiger partial charge in [0.15, 0.2) is 0 Å². The lowest BCUT2D eigenvalue weighted by Gasteiger charge is -2.40. The summed E-state index contributed by atoms with van der Waals surface area (Å²) >= 11 is 0. The van der Waals surface area contributed by atoms with E-state index in [-0.39, 0.29) is 0 Å². The number of ether oxygens (including phenoxy) is 1. The Morgan fingerprint density at radius 3 is 2.71 bits per heavy atom. The third-order valence-corrected chi connectivity index (χ3v) is 4.45. The molecule has 1 fully saturated rings. The van der Waals surface area contributed by atoms with Crippen molar-refractivity contribution in [2.24, 2.45) is 0 Å². The largest absolute Gasteiger partial charge is 0.494 e. The fraction of sp³-hybridized carbons (Fsp3) is 0.667. The van der Waals surface area contributed by atoms with Crippen LogP contribution in [-0.2, 0) is 0 Å². The summed E-state index contributed by atoms with van der Waals surface area (Å²) in [6.45, 7) is 7.56. The quantitative estimate of drug-likeness (QED) is 0.830. The summed E-state index contributed by atoms with van der Waals surface area (Å²) < 4.78 is 5.67. The second kappa shape index (κ2) is 8.40. The zero-order valence-electron chi connectivity index (χ0n) is 13.8. The Bertz CT molecular complexity index is 402. The number of benzene rings is 1. The Morgan fingerprint density at radius 2 is 2.05 bits per heavy atom. The summed E-state index contributed by atoms with van der Waals surface area (Å²) in [5, 5.41) is 3.34. The van der Waals surface area contributed by atoms with E-state index >= 15 is 0 Å². The van der Waals surface area contributed by atoms with Gasteiger partial charge in [0.2, 0.25) is 0 Å². The highest BCUT2D eigenvalue weighted by atomic mass is 16.5. The first-order chi connectivity index (χ1) is 10.3. The van der Waals surface area contributed by atoms with Crippen LogP contribution in [0, 0.1) is 0 Å². The molecule has 0 aliphatic carbocycles. The normalized spacial score (nSPS) is 21.2. The number of piperidine rings is 1. The third kappa shape index (κ3) is 4.45. The maximum Gasteiger partial charge on any atom is 0.119 e. The molecular weight excluding hydrogens is 260 g/mol. The van der Waals surface area contributed by atoms with E-state index in [9.17, 15) is 0 Å². The lowest BCUT2D eigenvalue weighted by atomic mass is 9.97. The van der Waals surface area contributed by atoms with Gasteiger partial charge in [-0.15, -0.1) is 0 Å². The number of hydrogen-bond acceptors (Lipinski definition) is 3. The standard InChI is InChI=1S/C18H30N2O/c1-4-13-21-18-10-8-16(9-11-18)15(2)20-12-6-5-7-17(20)14-19-3/h8-11,15,17,19H,4-7,12-14H2,1-3H3. The minimum atomic E-state index is 0.476. The van der Waals surface area contributed by atoms with Crippen LogP contribution in [0.4, 0.5) is 0 Å². The molecule has 0 amide bonds. The van der Waals surface area contributed by atoms with Gasteiger partial charge in [-0.05, 0) is 57.5 Å². The molecule has 2 atom stereocenters. The number of nitrogens with zero attached hydrogens (tertiary/aromatic N) is 1. The number of likely N-dealkylation sites (tertiary alicyclic amines) is 1.